The molecule has 0 aliphatic carbocycles. The van der Waals surface area contributed by atoms with Crippen LogP contribution in [0.2, 0.25) is 0 Å². The maximum atomic E-state index is 4.73. The number of rotatable bonds is 3. The molecule has 1 aliphatic heterocycles. The summed E-state index contributed by atoms with van der Waals surface area (Å²) in [7, 11) is 0. The molecule has 1 fully saturated rings. The first-order valence-corrected chi connectivity index (χ1v) is 7.69. The van der Waals surface area contributed by atoms with Gasteiger partial charge in [0.2, 0.25) is 0 Å². The average molecular weight is 276 g/mol. The number of anilines is 1. The highest BCUT2D eigenvalue weighted by Crippen LogP contribution is 2.23. The van der Waals surface area contributed by atoms with E-state index >= 15 is 0 Å². The second-order valence-corrected chi connectivity index (χ2v) is 6.87. The molecular weight excluding hydrogens is 248 g/mol. The van der Waals surface area contributed by atoms with E-state index in [1.807, 2.05) is 20.0 Å². The summed E-state index contributed by atoms with van der Waals surface area (Å²) in [4.78, 5) is 11.6. The lowest BCUT2D eigenvalue weighted by molar-refractivity contribution is 0.365. The van der Waals surface area contributed by atoms with Crippen molar-refractivity contribution in [1.82, 2.24) is 15.3 Å². The summed E-state index contributed by atoms with van der Waals surface area (Å²) < 4.78 is 0. The minimum absolute atomic E-state index is 0.165. The van der Waals surface area contributed by atoms with Crippen molar-refractivity contribution in [2.24, 2.45) is 0 Å². The fourth-order valence-electron chi connectivity index (χ4n) is 2.61. The SMILES string of the molecule is Cc1ncc(N2CCCCC2CNC(C)(C)C)nc1C. The Balaban J connectivity index is 2.11. The molecule has 0 aromatic carbocycles. The van der Waals surface area contributed by atoms with Gasteiger partial charge in [-0.1, -0.05) is 0 Å². The summed E-state index contributed by atoms with van der Waals surface area (Å²) in [5.74, 6) is 1.04. The fourth-order valence-corrected chi connectivity index (χ4v) is 2.61. The van der Waals surface area contributed by atoms with Gasteiger partial charge < -0.3 is 10.2 Å². The van der Waals surface area contributed by atoms with Crippen molar-refractivity contribution in [3.63, 3.8) is 0 Å². The van der Waals surface area contributed by atoms with E-state index in [4.69, 9.17) is 4.98 Å². The van der Waals surface area contributed by atoms with Crippen LogP contribution in [-0.2, 0) is 0 Å². The zero-order valence-corrected chi connectivity index (χ0v) is 13.5. The Morgan fingerprint density at radius 1 is 1.25 bits per heavy atom. The van der Waals surface area contributed by atoms with E-state index in [1.54, 1.807) is 0 Å². The molecule has 0 amide bonds. The van der Waals surface area contributed by atoms with Gasteiger partial charge in [-0.15, -0.1) is 0 Å². The molecule has 1 aromatic heterocycles. The van der Waals surface area contributed by atoms with Crippen LogP contribution in [0.4, 0.5) is 5.82 Å². The first kappa shape index (κ1) is 15.2. The summed E-state index contributed by atoms with van der Waals surface area (Å²) in [5.41, 5.74) is 2.23. The van der Waals surface area contributed by atoms with E-state index in [2.05, 4.69) is 36.0 Å². The Bertz CT molecular complexity index is 450. The topological polar surface area (TPSA) is 41.1 Å². The molecule has 4 heteroatoms. The summed E-state index contributed by atoms with van der Waals surface area (Å²) in [6.07, 6.45) is 5.72. The van der Waals surface area contributed by atoms with E-state index in [1.165, 1.54) is 19.3 Å². The molecule has 0 spiro atoms. The van der Waals surface area contributed by atoms with Crippen LogP contribution in [0, 0.1) is 13.8 Å². The fraction of sp³-hybridized carbons (Fsp3) is 0.750. The second kappa shape index (κ2) is 6.08. The van der Waals surface area contributed by atoms with Gasteiger partial charge in [-0.05, 0) is 53.9 Å². The van der Waals surface area contributed by atoms with E-state index in [-0.39, 0.29) is 5.54 Å². The highest BCUT2D eigenvalue weighted by Gasteiger charge is 2.25. The van der Waals surface area contributed by atoms with Gasteiger partial charge in [0.25, 0.3) is 0 Å². The zero-order chi connectivity index (χ0) is 14.8. The zero-order valence-electron chi connectivity index (χ0n) is 13.5. The molecule has 1 aromatic rings. The summed E-state index contributed by atoms with van der Waals surface area (Å²) in [5, 5.41) is 3.63. The Morgan fingerprint density at radius 2 is 2.00 bits per heavy atom. The monoisotopic (exact) mass is 276 g/mol. The van der Waals surface area contributed by atoms with Gasteiger partial charge in [-0.25, -0.2) is 4.98 Å². The van der Waals surface area contributed by atoms with Crippen molar-refractivity contribution < 1.29 is 0 Å². The van der Waals surface area contributed by atoms with Gasteiger partial charge in [0, 0.05) is 24.7 Å². The molecule has 1 atom stereocenters. The smallest absolute Gasteiger partial charge is 0.147 e. The van der Waals surface area contributed by atoms with Crippen LogP contribution >= 0.6 is 0 Å². The van der Waals surface area contributed by atoms with E-state index in [0.717, 1.165) is 30.3 Å². The van der Waals surface area contributed by atoms with Gasteiger partial charge in [-0.3, -0.25) is 4.98 Å². The van der Waals surface area contributed by atoms with Gasteiger partial charge in [0.15, 0.2) is 0 Å². The molecular formula is C16H28N4. The number of nitrogens with one attached hydrogen (secondary N) is 1. The van der Waals surface area contributed by atoms with Crippen LogP contribution in [0.5, 0.6) is 0 Å². The highest BCUT2D eigenvalue weighted by molar-refractivity contribution is 5.39. The van der Waals surface area contributed by atoms with Gasteiger partial charge in [0.05, 0.1) is 17.6 Å². The van der Waals surface area contributed by atoms with Crippen LogP contribution in [0.25, 0.3) is 0 Å². The standard InChI is InChI=1S/C16H28N4/c1-12-13(2)19-15(11-17-12)20-9-7-6-8-14(20)10-18-16(3,4)5/h11,14,18H,6-10H2,1-5H3. The van der Waals surface area contributed by atoms with Gasteiger partial charge >= 0.3 is 0 Å². The largest absolute Gasteiger partial charge is 0.351 e. The van der Waals surface area contributed by atoms with E-state index in [0.29, 0.717) is 6.04 Å². The van der Waals surface area contributed by atoms with Crippen molar-refractivity contribution in [2.45, 2.75) is 65.5 Å². The van der Waals surface area contributed by atoms with Gasteiger partial charge in [0.1, 0.15) is 5.82 Å². The molecule has 1 N–H and O–H groups in total. The Morgan fingerprint density at radius 3 is 2.65 bits per heavy atom. The lowest BCUT2D eigenvalue weighted by Crippen LogP contribution is -2.50. The first-order chi connectivity index (χ1) is 9.37. The van der Waals surface area contributed by atoms with Crippen molar-refractivity contribution in [3.05, 3.63) is 17.6 Å². The maximum absolute atomic E-state index is 4.73. The molecule has 4 nitrogen and oxygen atoms in total. The molecule has 1 saturated heterocycles. The summed E-state index contributed by atoms with van der Waals surface area (Å²) in [6.45, 7) is 12.8. The number of piperidine rings is 1. The normalized spacial score (nSPS) is 20.2. The molecule has 112 valence electrons. The third kappa shape index (κ3) is 3.92. The Kier molecular flexibility index (Phi) is 4.63. The first-order valence-electron chi connectivity index (χ1n) is 7.69. The van der Waals surface area contributed by atoms with Crippen molar-refractivity contribution in [1.29, 1.82) is 0 Å². The number of hydrogen-bond donors (Lipinski definition) is 1. The summed E-state index contributed by atoms with van der Waals surface area (Å²) >= 11 is 0. The van der Waals surface area contributed by atoms with Crippen LogP contribution in [0.1, 0.15) is 51.4 Å². The number of aromatic nitrogens is 2. The molecule has 0 radical (unpaired) electrons. The lowest BCUT2D eigenvalue weighted by Gasteiger charge is -2.38. The molecule has 2 heterocycles. The molecule has 0 saturated carbocycles. The quantitative estimate of drug-likeness (QED) is 0.921. The number of hydrogen-bond acceptors (Lipinski definition) is 4. The van der Waals surface area contributed by atoms with Crippen LogP contribution in [0.15, 0.2) is 6.20 Å². The van der Waals surface area contributed by atoms with E-state index < -0.39 is 0 Å². The molecule has 1 unspecified atom stereocenters. The minimum atomic E-state index is 0.165. The van der Waals surface area contributed by atoms with Crippen LogP contribution in [-0.4, -0.2) is 34.6 Å². The van der Waals surface area contributed by atoms with Crippen molar-refractivity contribution >= 4 is 5.82 Å². The predicted molar refractivity (Wildman–Crippen MR) is 84.2 cm³/mol. The molecule has 2 rings (SSSR count). The minimum Gasteiger partial charge on any atom is -0.351 e. The van der Waals surface area contributed by atoms with E-state index in [9.17, 15) is 0 Å². The lowest BCUT2D eigenvalue weighted by atomic mass is 10.0. The second-order valence-electron chi connectivity index (χ2n) is 6.87. The Hall–Kier alpha value is -1.16. The average Bonchev–Trinajstić information content (AvgIpc) is 2.39. The van der Waals surface area contributed by atoms with Crippen molar-refractivity contribution in [2.75, 3.05) is 18.0 Å². The van der Waals surface area contributed by atoms with Crippen molar-refractivity contribution in [3.8, 4) is 0 Å². The summed E-state index contributed by atoms with van der Waals surface area (Å²) in [6, 6.07) is 0.527. The van der Waals surface area contributed by atoms with Gasteiger partial charge in [-0.2, -0.15) is 0 Å². The number of aryl methyl sites for hydroxylation is 2. The number of nitrogens with zero attached hydrogens (tertiary/aromatic N) is 3. The highest BCUT2D eigenvalue weighted by atomic mass is 15.2. The van der Waals surface area contributed by atoms with Crippen LogP contribution in [0.3, 0.4) is 0 Å². The molecule has 20 heavy (non-hydrogen) atoms. The third-order valence-electron chi connectivity index (χ3n) is 3.97. The molecule has 1 aliphatic rings. The predicted octanol–water partition coefficient (Wildman–Crippen LogP) is 2.84. The molecule has 0 bridgehead atoms. The van der Waals surface area contributed by atoms with Crippen LogP contribution < -0.4 is 10.2 Å². The third-order valence-corrected chi connectivity index (χ3v) is 3.97. The Labute approximate surface area is 123 Å². The maximum Gasteiger partial charge on any atom is 0.147 e.